The van der Waals surface area contributed by atoms with E-state index in [0.29, 0.717) is 17.5 Å². The number of fused-ring (bicyclic) bond motifs is 1. The lowest BCUT2D eigenvalue weighted by atomic mass is 10.00. The molecule has 1 unspecified atom stereocenters. The van der Waals surface area contributed by atoms with Crippen LogP contribution in [0.2, 0.25) is 0 Å². The molecule has 33 heavy (non-hydrogen) atoms. The van der Waals surface area contributed by atoms with Crippen molar-refractivity contribution in [2.24, 2.45) is 0 Å². The molecule has 174 valence electrons. The Bertz CT molecular complexity index is 992. The van der Waals surface area contributed by atoms with E-state index in [-0.39, 0.29) is 18.4 Å². The van der Waals surface area contributed by atoms with E-state index in [1.165, 1.54) is 44.0 Å². The maximum Gasteiger partial charge on any atom is 0.265 e. The summed E-state index contributed by atoms with van der Waals surface area (Å²) < 4.78 is 0. The molecule has 6 heteroatoms. The van der Waals surface area contributed by atoms with Crippen molar-refractivity contribution in [3.05, 3.63) is 65.1 Å². The van der Waals surface area contributed by atoms with E-state index in [9.17, 15) is 9.59 Å². The van der Waals surface area contributed by atoms with Crippen LogP contribution in [0.25, 0.3) is 6.08 Å². The molecule has 2 aliphatic heterocycles. The molecule has 0 radical (unpaired) electrons. The third-order valence-corrected chi connectivity index (χ3v) is 7.47. The van der Waals surface area contributed by atoms with Crippen molar-refractivity contribution in [1.29, 1.82) is 0 Å². The van der Waals surface area contributed by atoms with Crippen LogP contribution < -0.4 is 10.2 Å². The monoisotopic (exact) mass is 463 g/mol. The molecule has 2 aliphatic rings. The third kappa shape index (κ3) is 6.06. The van der Waals surface area contributed by atoms with E-state index >= 15 is 0 Å². The first-order chi connectivity index (χ1) is 16.2. The normalized spacial score (nSPS) is 20.0. The topological polar surface area (TPSA) is 52.7 Å². The number of carbonyl (C=O) groups is 2. The van der Waals surface area contributed by atoms with E-state index < -0.39 is 0 Å². The number of nitrogens with one attached hydrogen (secondary N) is 1. The summed E-state index contributed by atoms with van der Waals surface area (Å²) >= 11 is 1.46. The zero-order valence-electron chi connectivity index (χ0n) is 19.3. The number of nitrogens with zero attached hydrogens (tertiary/aromatic N) is 2. The van der Waals surface area contributed by atoms with Crippen LogP contribution in [0.1, 0.15) is 44.6 Å². The Labute approximate surface area is 201 Å². The molecule has 4 rings (SSSR count). The predicted octanol–water partition coefficient (Wildman–Crippen LogP) is 4.94. The van der Waals surface area contributed by atoms with Crippen LogP contribution >= 0.6 is 11.8 Å². The second kappa shape index (κ2) is 11.5. The van der Waals surface area contributed by atoms with Gasteiger partial charge in [0.25, 0.3) is 5.91 Å². The van der Waals surface area contributed by atoms with E-state index in [1.807, 2.05) is 60.7 Å². The van der Waals surface area contributed by atoms with Crippen LogP contribution in [-0.2, 0) is 9.59 Å². The van der Waals surface area contributed by atoms with Crippen LogP contribution in [0.3, 0.4) is 0 Å². The highest BCUT2D eigenvalue weighted by atomic mass is 32.2. The maximum atomic E-state index is 13.3. The van der Waals surface area contributed by atoms with Gasteiger partial charge in [0.1, 0.15) is 6.54 Å². The summed E-state index contributed by atoms with van der Waals surface area (Å²) in [7, 11) is 0. The van der Waals surface area contributed by atoms with Gasteiger partial charge < -0.3 is 10.2 Å². The fourth-order valence-electron chi connectivity index (χ4n) is 4.65. The van der Waals surface area contributed by atoms with Crippen molar-refractivity contribution in [3.63, 3.8) is 0 Å². The molecule has 1 atom stereocenters. The lowest BCUT2D eigenvalue weighted by Gasteiger charge is -2.35. The maximum absolute atomic E-state index is 13.3. The number of anilines is 1. The highest BCUT2D eigenvalue weighted by molar-refractivity contribution is 8.04. The Balaban J connectivity index is 1.37. The molecule has 2 amide bonds. The predicted molar refractivity (Wildman–Crippen MR) is 136 cm³/mol. The van der Waals surface area contributed by atoms with Gasteiger partial charge >= 0.3 is 0 Å². The highest BCUT2D eigenvalue weighted by Gasteiger charge is 2.30. The van der Waals surface area contributed by atoms with Crippen LogP contribution in [-0.4, -0.2) is 48.9 Å². The molecular weight excluding hydrogens is 430 g/mol. The van der Waals surface area contributed by atoms with Gasteiger partial charge in [-0.25, -0.2) is 0 Å². The molecular formula is C27H33N3O2S. The minimum Gasteiger partial charge on any atom is -0.355 e. The molecule has 0 aromatic heterocycles. The van der Waals surface area contributed by atoms with Gasteiger partial charge in [0, 0.05) is 24.0 Å². The van der Waals surface area contributed by atoms with Crippen molar-refractivity contribution in [2.45, 2.75) is 50.0 Å². The minimum atomic E-state index is -0.128. The largest absolute Gasteiger partial charge is 0.355 e. The molecule has 1 saturated heterocycles. The van der Waals surface area contributed by atoms with Gasteiger partial charge in [-0.15, -0.1) is 0 Å². The number of hydrogen-bond donors (Lipinski definition) is 1. The molecule has 1 fully saturated rings. The standard InChI is InChI=1S/C27H33N3O2S/c1-2-22-13-8-9-17-29(22)18-10-16-28-26(31)20-30-23-14-6-7-15-24(23)33-25(27(30)32)19-21-11-4-3-5-12-21/h3-7,11-12,14-15,19,22H,2,8-10,13,16-18,20H2,1H3,(H,28,31). The summed E-state index contributed by atoms with van der Waals surface area (Å²) in [6.07, 6.45) is 7.92. The number of piperidine rings is 1. The lowest BCUT2D eigenvalue weighted by Crippen LogP contribution is -2.44. The summed E-state index contributed by atoms with van der Waals surface area (Å²) in [5, 5.41) is 3.03. The van der Waals surface area contributed by atoms with Gasteiger partial charge in [0.05, 0.1) is 10.6 Å². The Morgan fingerprint density at radius 2 is 1.91 bits per heavy atom. The number of thioether (sulfide) groups is 1. The number of benzene rings is 2. The SMILES string of the molecule is CCC1CCCCN1CCCNC(=O)CN1C(=O)C(=Cc2ccccc2)Sc2ccccc21. The zero-order chi connectivity index (χ0) is 23.0. The van der Waals surface area contributed by atoms with Crippen molar-refractivity contribution >= 4 is 35.3 Å². The molecule has 0 saturated carbocycles. The summed E-state index contributed by atoms with van der Waals surface area (Å²) in [6.45, 7) is 5.11. The second-order valence-electron chi connectivity index (χ2n) is 8.68. The number of rotatable bonds is 8. The summed E-state index contributed by atoms with van der Waals surface area (Å²) in [5.41, 5.74) is 1.77. The van der Waals surface area contributed by atoms with Gasteiger partial charge in [-0.3, -0.25) is 14.5 Å². The first-order valence-electron chi connectivity index (χ1n) is 12.0. The first kappa shape index (κ1) is 23.6. The number of amides is 2. The minimum absolute atomic E-state index is 0.0316. The fraction of sp³-hybridized carbons (Fsp3) is 0.407. The molecule has 5 nitrogen and oxygen atoms in total. The van der Waals surface area contributed by atoms with Crippen LogP contribution in [0.4, 0.5) is 5.69 Å². The first-order valence-corrected chi connectivity index (χ1v) is 12.8. The van der Waals surface area contributed by atoms with Crippen LogP contribution in [0, 0.1) is 0 Å². The van der Waals surface area contributed by atoms with E-state index in [1.54, 1.807) is 4.90 Å². The van der Waals surface area contributed by atoms with Gasteiger partial charge in [-0.1, -0.05) is 67.6 Å². The van der Waals surface area contributed by atoms with E-state index in [4.69, 9.17) is 0 Å². The Kier molecular flexibility index (Phi) is 8.24. The van der Waals surface area contributed by atoms with Crippen LogP contribution in [0.5, 0.6) is 0 Å². The number of carbonyl (C=O) groups excluding carboxylic acids is 2. The molecule has 0 spiro atoms. The number of para-hydroxylation sites is 1. The molecule has 0 aliphatic carbocycles. The molecule has 2 aromatic rings. The average Bonchev–Trinajstić information content (AvgIpc) is 2.85. The van der Waals surface area contributed by atoms with E-state index in [0.717, 1.165) is 29.1 Å². The quantitative estimate of drug-likeness (QED) is 0.445. The summed E-state index contributed by atoms with van der Waals surface area (Å²) in [6, 6.07) is 18.3. The molecule has 2 heterocycles. The molecule has 1 N–H and O–H groups in total. The van der Waals surface area contributed by atoms with Gasteiger partial charge in [-0.2, -0.15) is 0 Å². The van der Waals surface area contributed by atoms with Crippen molar-refractivity contribution in [3.8, 4) is 0 Å². The fourth-order valence-corrected chi connectivity index (χ4v) is 5.70. The number of likely N-dealkylation sites (tertiary alicyclic amines) is 1. The summed E-state index contributed by atoms with van der Waals surface area (Å²) in [5.74, 6) is -0.244. The van der Waals surface area contributed by atoms with E-state index in [2.05, 4.69) is 17.1 Å². The van der Waals surface area contributed by atoms with Crippen molar-refractivity contribution < 1.29 is 9.59 Å². The molecule has 2 aromatic carbocycles. The van der Waals surface area contributed by atoms with Gasteiger partial charge in [0.15, 0.2) is 0 Å². The number of hydrogen-bond acceptors (Lipinski definition) is 4. The zero-order valence-corrected chi connectivity index (χ0v) is 20.2. The Morgan fingerprint density at radius 1 is 1.12 bits per heavy atom. The average molecular weight is 464 g/mol. The smallest absolute Gasteiger partial charge is 0.265 e. The second-order valence-corrected chi connectivity index (χ2v) is 9.76. The van der Waals surface area contributed by atoms with Crippen molar-refractivity contribution in [2.75, 3.05) is 31.1 Å². The third-order valence-electron chi connectivity index (χ3n) is 6.40. The Morgan fingerprint density at radius 3 is 2.73 bits per heavy atom. The Hall–Kier alpha value is -2.57. The molecule has 0 bridgehead atoms. The van der Waals surface area contributed by atoms with Gasteiger partial charge in [-0.05, 0) is 56.0 Å². The lowest BCUT2D eigenvalue weighted by molar-refractivity contribution is -0.122. The van der Waals surface area contributed by atoms with Gasteiger partial charge in [0.2, 0.25) is 5.91 Å². The highest BCUT2D eigenvalue weighted by Crippen LogP contribution is 2.41. The van der Waals surface area contributed by atoms with Crippen LogP contribution in [0.15, 0.2) is 64.4 Å². The van der Waals surface area contributed by atoms with Crippen molar-refractivity contribution in [1.82, 2.24) is 10.2 Å². The summed E-state index contributed by atoms with van der Waals surface area (Å²) in [4.78, 5) is 31.8.